The van der Waals surface area contributed by atoms with Crippen molar-refractivity contribution in [3.63, 3.8) is 0 Å². The van der Waals surface area contributed by atoms with Gasteiger partial charge in [0.25, 0.3) is 0 Å². The van der Waals surface area contributed by atoms with Crippen molar-refractivity contribution in [2.75, 3.05) is 0 Å². The Balaban J connectivity index is 3.05. The maximum absolute atomic E-state index is 11.4. The van der Waals surface area contributed by atoms with Crippen molar-refractivity contribution in [1.82, 2.24) is 4.98 Å². The van der Waals surface area contributed by atoms with Gasteiger partial charge in [-0.25, -0.2) is 0 Å². The lowest BCUT2D eigenvalue weighted by Crippen LogP contribution is -2.24. The fraction of sp³-hybridized carbons (Fsp3) is 0.286. The molecule has 0 aliphatic heterocycles. The second-order valence-corrected chi connectivity index (χ2v) is 6.83. The van der Waals surface area contributed by atoms with E-state index in [2.05, 4.69) is 9.93 Å². The van der Waals surface area contributed by atoms with Crippen LogP contribution in [0, 0.1) is 9.81 Å². The van der Waals surface area contributed by atoms with E-state index in [1.165, 1.54) is 18.5 Å². The number of pyridine rings is 1. The van der Waals surface area contributed by atoms with Gasteiger partial charge in [0.05, 0.1) is 8.73 Å². The highest BCUT2D eigenvalue weighted by Gasteiger charge is 2.49. The van der Waals surface area contributed by atoms with E-state index < -0.39 is 27.8 Å². The molecule has 2 N–H and O–H groups in total. The second-order valence-electron chi connectivity index (χ2n) is 3.18. The summed E-state index contributed by atoms with van der Waals surface area (Å²) in [6.45, 7) is 0. The average molecular weight is 277 g/mol. The number of nitrogens with zero attached hydrogens (tertiary/aromatic N) is 3. The van der Waals surface area contributed by atoms with Gasteiger partial charge in [-0.1, -0.05) is 6.07 Å². The van der Waals surface area contributed by atoms with Crippen LogP contribution >= 0.6 is 16.3 Å². The summed E-state index contributed by atoms with van der Waals surface area (Å²) in [6.07, 6.45) is 2.41. The summed E-state index contributed by atoms with van der Waals surface area (Å²) in [5, 5.41) is 7.42. The van der Waals surface area contributed by atoms with Crippen LogP contribution in [0.3, 0.4) is 0 Å². The zero-order valence-corrected chi connectivity index (χ0v) is 10.3. The molecule has 0 saturated heterocycles. The highest BCUT2D eigenvalue weighted by Crippen LogP contribution is 2.63. The first kappa shape index (κ1) is 14.0. The Morgan fingerprint density at radius 1 is 1.53 bits per heavy atom. The fourth-order valence-electron chi connectivity index (χ4n) is 1.14. The topological polar surface area (TPSA) is 129 Å². The number of hydrogen-bond acceptors (Lipinski definition) is 6. The zero-order valence-electron chi connectivity index (χ0n) is 8.42. The van der Waals surface area contributed by atoms with Gasteiger partial charge in [0.15, 0.2) is 0 Å². The summed E-state index contributed by atoms with van der Waals surface area (Å²) < 4.78 is 11.4. The van der Waals surface area contributed by atoms with Crippen LogP contribution in [0.25, 0.3) is 0 Å². The molecule has 1 aromatic rings. The standard InChI is InChI=1S/C7H9N3O5P2/c11-7(16-9-12,17(14,15)10-13)4-6-2-1-3-8-5-6/h1-3,5,11,16H,4H2,(H,14,15). The van der Waals surface area contributed by atoms with Crippen molar-refractivity contribution >= 4 is 16.3 Å². The molecular formula is C7H9N3O5P2. The Kier molecular flexibility index (Phi) is 4.54. The van der Waals surface area contributed by atoms with E-state index in [9.17, 15) is 24.4 Å². The summed E-state index contributed by atoms with van der Waals surface area (Å²) in [6, 6.07) is 3.07. The third kappa shape index (κ3) is 3.20. The second kappa shape index (κ2) is 5.51. The molecule has 1 rings (SSSR count). The zero-order chi connectivity index (χ0) is 12.9. The molecule has 3 unspecified atom stereocenters. The van der Waals surface area contributed by atoms with E-state index in [0.29, 0.717) is 5.56 Å². The van der Waals surface area contributed by atoms with Crippen molar-refractivity contribution in [1.29, 1.82) is 0 Å². The van der Waals surface area contributed by atoms with Crippen LogP contribution in [0.15, 0.2) is 34.4 Å². The minimum atomic E-state index is -4.76. The Morgan fingerprint density at radius 2 is 2.24 bits per heavy atom. The predicted octanol–water partition coefficient (Wildman–Crippen LogP) is 1.58. The summed E-state index contributed by atoms with van der Waals surface area (Å²) in [7, 11) is -5.93. The molecule has 0 fully saturated rings. The van der Waals surface area contributed by atoms with Crippen LogP contribution in [-0.4, -0.2) is 20.1 Å². The molecular weight excluding hydrogens is 268 g/mol. The molecule has 0 aliphatic rings. The number of nitroso groups, excluding NO2 is 2. The fourth-order valence-corrected chi connectivity index (χ4v) is 2.85. The van der Waals surface area contributed by atoms with Crippen molar-refractivity contribution in [2.45, 2.75) is 11.5 Å². The van der Waals surface area contributed by atoms with Crippen molar-refractivity contribution in [2.24, 2.45) is 9.89 Å². The summed E-state index contributed by atoms with van der Waals surface area (Å²) >= 11 is 0. The molecule has 0 bridgehead atoms. The smallest absolute Gasteiger partial charge is 0.372 e. The van der Waals surface area contributed by atoms with Gasteiger partial charge in [-0.15, -0.1) is 9.81 Å². The lowest BCUT2D eigenvalue weighted by atomic mass is 10.2. The molecule has 0 radical (unpaired) electrons. The maximum atomic E-state index is 11.4. The Bertz CT molecular complexity index is 456. The van der Waals surface area contributed by atoms with Crippen molar-refractivity contribution in [3.05, 3.63) is 39.9 Å². The average Bonchev–Trinajstić information content (AvgIpc) is 2.30. The first-order valence-electron chi connectivity index (χ1n) is 4.34. The normalized spacial score (nSPS) is 18.5. The molecule has 8 nitrogen and oxygen atoms in total. The van der Waals surface area contributed by atoms with Crippen molar-refractivity contribution < 1.29 is 14.6 Å². The lowest BCUT2D eigenvalue weighted by molar-refractivity contribution is 0.194. The first-order valence-corrected chi connectivity index (χ1v) is 6.90. The van der Waals surface area contributed by atoms with Crippen LogP contribution in [0.1, 0.15) is 5.56 Å². The van der Waals surface area contributed by atoms with Crippen LogP contribution in [0.4, 0.5) is 0 Å². The van der Waals surface area contributed by atoms with E-state index in [1.807, 2.05) is 4.95 Å². The third-order valence-electron chi connectivity index (χ3n) is 1.99. The number of aliphatic hydroxyl groups is 1. The highest BCUT2D eigenvalue weighted by atomic mass is 31.2. The van der Waals surface area contributed by atoms with Crippen LogP contribution in [0.2, 0.25) is 0 Å². The molecule has 0 aromatic carbocycles. The van der Waals surface area contributed by atoms with Crippen LogP contribution in [-0.2, 0) is 11.0 Å². The molecule has 10 heteroatoms. The van der Waals surface area contributed by atoms with E-state index in [1.54, 1.807) is 6.07 Å². The van der Waals surface area contributed by atoms with Gasteiger partial charge >= 0.3 is 7.52 Å². The molecule has 17 heavy (non-hydrogen) atoms. The van der Waals surface area contributed by atoms with Gasteiger partial charge in [0.2, 0.25) is 5.08 Å². The van der Waals surface area contributed by atoms with Gasteiger partial charge in [-0.2, -0.15) is 0 Å². The molecule has 0 aliphatic carbocycles. The molecule has 1 heterocycles. The van der Waals surface area contributed by atoms with Crippen molar-refractivity contribution in [3.8, 4) is 0 Å². The maximum Gasteiger partial charge on any atom is 0.386 e. The minimum absolute atomic E-state index is 0.393. The Labute approximate surface area is 97.8 Å². The predicted molar refractivity (Wildman–Crippen MR) is 62.6 cm³/mol. The number of hydrogen-bond donors (Lipinski definition) is 2. The van der Waals surface area contributed by atoms with Crippen LogP contribution in [0.5, 0.6) is 0 Å². The quantitative estimate of drug-likeness (QED) is 0.599. The monoisotopic (exact) mass is 277 g/mol. The van der Waals surface area contributed by atoms with E-state index >= 15 is 0 Å². The third-order valence-corrected chi connectivity index (χ3v) is 5.13. The minimum Gasteiger partial charge on any atom is -0.372 e. The van der Waals surface area contributed by atoms with Gasteiger partial charge in [-0.3, -0.25) is 9.55 Å². The number of aromatic nitrogens is 1. The summed E-state index contributed by atoms with van der Waals surface area (Å²) in [5.74, 6) is 0. The first-order chi connectivity index (χ1) is 7.95. The lowest BCUT2D eigenvalue weighted by Gasteiger charge is -2.24. The molecule has 3 atom stereocenters. The van der Waals surface area contributed by atoms with E-state index in [-0.39, 0.29) is 0 Å². The van der Waals surface area contributed by atoms with E-state index in [4.69, 9.17) is 0 Å². The number of rotatable bonds is 6. The SMILES string of the molecule is O=NPC(O)(Cc1cccnc1)P(=O)(O)N=O. The molecule has 0 saturated carbocycles. The van der Waals surface area contributed by atoms with Crippen LogP contribution < -0.4 is 0 Å². The van der Waals surface area contributed by atoms with Gasteiger partial charge in [0, 0.05) is 23.8 Å². The molecule has 0 amide bonds. The van der Waals surface area contributed by atoms with E-state index in [0.717, 1.165) is 0 Å². The Hall–Kier alpha value is -1.07. The molecule has 1 aromatic heterocycles. The molecule has 92 valence electrons. The summed E-state index contributed by atoms with van der Waals surface area (Å²) in [4.78, 5) is 37.8. The molecule has 0 spiro atoms. The summed E-state index contributed by atoms with van der Waals surface area (Å²) in [5.41, 5.74) is 0.393. The van der Waals surface area contributed by atoms with Gasteiger partial charge < -0.3 is 10.00 Å². The van der Waals surface area contributed by atoms with Gasteiger partial charge in [0.1, 0.15) is 0 Å². The Morgan fingerprint density at radius 3 is 2.71 bits per heavy atom. The highest BCUT2D eigenvalue weighted by molar-refractivity contribution is 7.69. The largest absolute Gasteiger partial charge is 0.386 e. The van der Waals surface area contributed by atoms with Gasteiger partial charge in [-0.05, 0) is 16.6 Å².